The van der Waals surface area contributed by atoms with Crippen molar-refractivity contribution < 1.29 is 4.79 Å². The lowest BCUT2D eigenvalue weighted by Gasteiger charge is -2.32. The van der Waals surface area contributed by atoms with E-state index in [0.29, 0.717) is 4.88 Å². The van der Waals surface area contributed by atoms with Crippen molar-refractivity contribution in [2.45, 2.75) is 64.3 Å². The molecule has 4 heterocycles. The predicted molar refractivity (Wildman–Crippen MR) is 94.7 cm³/mol. The summed E-state index contributed by atoms with van der Waals surface area (Å²) in [5.74, 6) is 2.55. The first-order valence-electron chi connectivity index (χ1n) is 9.30. The van der Waals surface area contributed by atoms with Crippen LogP contribution in [0.25, 0.3) is 0 Å². The fraction of sp³-hybridized carbons (Fsp3) is 0.706. The second kappa shape index (κ2) is 7.19. The molecule has 1 amide bonds. The zero-order valence-corrected chi connectivity index (χ0v) is 15.5. The molecule has 25 heavy (non-hydrogen) atoms. The van der Waals surface area contributed by atoms with E-state index in [9.17, 15) is 4.79 Å². The van der Waals surface area contributed by atoms with Crippen LogP contribution in [0.1, 0.15) is 72.0 Å². The van der Waals surface area contributed by atoms with Crippen molar-refractivity contribution in [3.05, 3.63) is 22.2 Å². The summed E-state index contributed by atoms with van der Waals surface area (Å²) in [6.07, 6.45) is 7.50. The van der Waals surface area contributed by atoms with E-state index in [1.165, 1.54) is 30.8 Å². The summed E-state index contributed by atoms with van der Waals surface area (Å²) in [6, 6.07) is 0. The number of likely N-dealkylation sites (tertiary alicyclic amines) is 1. The molecule has 0 aliphatic carbocycles. The van der Waals surface area contributed by atoms with Gasteiger partial charge in [-0.2, -0.15) is 0 Å². The van der Waals surface area contributed by atoms with Gasteiger partial charge in [-0.1, -0.05) is 17.8 Å². The molecule has 0 N–H and O–H groups in total. The molecule has 2 aromatic heterocycles. The summed E-state index contributed by atoms with van der Waals surface area (Å²) >= 11 is 1.21. The van der Waals surface area contributed by atoms with Crippen LogP contribution in [0.2, 0.25) is 0 Å². The second-order valence-corrected chi connectivity index (χ2v) is 7.68. The fourth-order valence-corrected chi connectivity index (χ4v) is 4.65. The lowest BCUT2D eigenvalue weighted by atomic mass is 9.96. The second-order valence-electron chi connectivity index (χ2n) is 6.93. The summed E-state index contributed by atoms with van der Waals surface area (Å²) < 4.78 is 6.28. The molecule has 1 saturated heterocycles. The van der Waals surface area contributed by atoms with Gasteiger partial charge in [0.15, 0.2) is 0 Å². The van der Waals surface area contributed by atoms with Crippen LogP contribution < -0.4 is 0 Å². The molecule has 8 heteroatoms. The molecule has 1 fully saturated rings. The Labute approximate surface area is 151 Å². The molecule has 1 atom stereocenters. The first kappa shape index (κ1) is 16.6. The summed E-state index contributed by atoms with van der Waals surface area (Å²) in [5, 5.41) is 13.0. The summed E-state index contributed by atoms with van der Waals surface area (Å²) in [6.45, 7) is 4.55. The minimum absolute atomic E-state index is 0.0761. The molecular formula is C17H24N6OS. The van der Waals surface area contributed by atoms with E-state index in [4.69, 9.17) is 0 Å². The third-order valence-electron chi connectivity index (χ3n) is 5.30. The molecular weight excluding hydrogens is 336 g/mol. The SMILES string of the molecule is CCc1nnsc1C(=O)N1CCC[C@H](c2nnc3n2CCCCC3)C1. The van der Waals surface area contributed by atoms with Gasteiger partial charge in [0.05, 0.1) is 5.69 Å². The highest BCUT2D eigenvalue weighted by atomic mass is 32.1. The van der Waals surface area contributed by atoms with Crippen LogP contribution in [-0.2, 0) is 19.4 Å². The van der Waals surface area contributed by atoms with Gasteiger partial charge in [-0.25, -0.2) is 0 Å². The number of nitrogens with zero attached hydrogens (tertiary/aromatic N) is 6. The summed E-state index contributed by atoms with van der Waals surface area (Å²) in [5.41, 5.74) is 0.813. The molecule has 7 nitrogen and oxygen atoms in total. The quantitative estimate of drug-likeness (QED) is 0.840. The van der Waals surface area contributed by atoms with Crippen LogP contribution in [-0.4, -0.2) is 48.2 Å². The Morgan fingerprint density at radius 3 is 2.96 bits per heavy atom. The average Bonchev–Trinajstić information content (AvgIpc) is 3.22. The number of hydrogen-bond acceptors (Lipinski definition) is 6. The van der Waals surface area contributed by atoms with Gasteiger partial charge in [-0.05, 0) is 43.6 Å². The monoisotopic (exact) mass is 360 g/mol. The van der Waals surface area contributed by atoms with Crippen molar-refractivity contribution in [3.8, 4) is 0 Å². The maximum absolute atomic E-state index is 12.9. The number of aromatic nitrogens is 5. The highest BCUT2D eigenvalue weighted by Crippen LogP contribution is 2.29. The number of rotatable bonds is 3. The maximum Gasteiger partial charge on any atom is 0.267 e. The van der Waals surface area contributed by atoms with Crippen molar-refractivity contribution in [2.24, 2.45) is 0 Å². The smallest absolute Gasteiger partial charge is 0.267 e. The Kier molecular flexibility index (Phi) is 4.78. The van der Waals surface area contributed by atoms with Crippen LogP contribution in [0.15, 0.2) is 0 Å². The van der Waals surface area contributed by atoms with Gasteiger partial charge >= 0.3 is 0 Å². The van der Waals surface area contributed by atoms with Crippen LogP contribution in [0.4, 0.5) is 0 Å². The minimum Gasteiger partial charge on any atom is -0.337 e. The number of piperidine rings is 1. The zero-order chi connectivity index (χ0) is 17.2. The fourth-order valence-electron chi connectivity index (χ4n) is 3.93. The Bertz CT molecular complexity index is 754. The van der Waals surface area contributed by atoms with Gasteiger partial charge in [0.2, 0.25) is 0 Å². The standard InChI is InChI=1S/C17H24N6OS/c1-2-13-15(25-21-18-13)17(24)22-9-6-7-12(11-22)16-20-19-14-8-4-3-5-10-23(14)16/h12H,2-11H2,1H3/t12-/m0/s1. The lowest BCUT2D eigenvalue weighted by Crippen LogP contribution is -2.39. The third kappa shape index (κ3) is 3.19. The molecule has 0 spiro atoms. The first-order valence-corrected chi connectivity index (χ1v) is 10.1. The number of carbonyl (C=O) groups is 1. The minimum atomic E-state index is 0.0761. The van der Waals surface area contributed by atoms with Gasteiger partial charge in [0.1, 0.15) is 16.5 Å². The van der Waals surface area contributed by atoms with Crippen molar-refractivity contribution in [1.29, 1.82) is 0 Å². The highest BCUT2D eigenvalue weighted by molar-refractivity contribution is 7.08. The first-order chi connectivity index (χ1) is 12.3. The highest BCUT2D eigenvalue weighted by Gasteiger charge is 2.31. The Morgan fingerprint density at radius 1 is 1.16 bits per heavy atom. The lowest BCUT2D eigenvalue weighted by molar-refractivity contribution is 0.0706. The number of amides is 1. The normalized spacial score (nSPS) is 21.0. The molecule has 0 radical (unpaired) electrons. The van der Waals surface area contributed by atoms with Crippen molar-refractivity contribution >= 4 is 17.4 Å². The van der Waals surface area contributed by atoms with E-state index in [2.05, 4.69) is 24.4 Å². The Morgan fingerprint density at radius 2 is 2.08 bits per heavy atom. The molecule has 0 saturated carbocycles. The van der Waals surface area contributed by atoms with Gasteiger partial charge in [-0.3, -0.25) is 4.79 Å². The van der Waals surface area contributed by atoms with Crippen molar-refractivity contribution in [3.63, 3.8) is 0 Å². The van der Waals surface area contributed by atoms with E-state index in [0.717, 1.165) is 62.7 Å². The number of aryl methyl sites for hydroxylation is 2. The van der Waals surface area contributed by atoms with Crippen LogP contribution in [0.5, 0.6) is 0 Å². The number of hydrogen-bond donors (Lipinski definition) is 0. The molecule has 2 aliphatic rings. The van der Waals surface area contributed by atoms with Crippen molar-refractivity contribution in [1.82, 2.24) is 29.3 Å². The van der Waals surface area contributed by atoms with E-state index in [-0.39, 0.29) is 11.8 Å². The van der Waals surface area contributed by atoms with Gasteiger partial charge in [0, 0.05) is 32.0 Å². The van der Waals surface area contributed by atoms with E-state index >= 15 is 0 Å². The van der Waals surface area contributed by atoms with E-state index < -0.39 is 0 Å². The summed E-state index contributed by atoms with van der Waals surface area (Å²) in [7, 11) is 0. The van der Waals surface area contributed by atoms with Gasteiger partial charge in [0.25, 0.3) is 5.91 Å². The Balaban J connectivity index is 1.54. The summed E-state index contributed by atoms with van der Waals surface area (Å²) in [4.78, 5) is 15.6. The number of fused-ring (bicyclic) bond motifs is 1. The maximum atomic E-state index is 12.9. The molecule has 0 bridgehead atoms. The van der Waals surface area contributed by atoms with E-state index in [1.807, 2.05) is 11.8 Å². The van der Waals surface area contributed by atoms with Gasteiger partial charge < -0.3 is 9.47 Å². The third-order valence-corrected chi connectivity index (χ3v) is 6.05. The van der Waals surface area contributed by atoms with Crippen LogP contribution in [0, 0.1) is 0 Å². The van der Waals surface area contributed by atoms with Crippen LogP contribution in [0.3, 0.4) is 0 Å². The molecule has 4 rings (SSSR count). The van der Waals surface area contributed by atoms with Gasteiger partial charge in [-0.15, -0.1) is 15.3 Å². The average molecular weight is 360 g/mol. The molecule has 134 valence electrons. The number of carbonyl (C=O) groups excluding carboxylic acids is 1. The van der Waals surface area contributed by atoms with E-state index in [1.54, 1.807) is 0 Å². The molecule has 2 aliphatic heterocycles. The van der Waals surface area contributed by atoms with Crippen molar-refractivity contribution in [2.75, 3.05) is 13.1 Å². The Hall–Kier alpha value is -1.83. The molecule has 0 aromatic carbocycles. The largest absolute Gasteiger partial charge is 0.337 e. The van der Waals surface area contributed by atoms with Crippen LogP contribution >= 0.6 is 11.5 Å². The predicted octanol–water partition coefficient (Wildman–Crippen LogP) is 2.44. The topological polar surface area (TPSA) is 76.8 Å². The zero-order valence-electron chi connectivity index (χ0n) is 14.6. The molecule has 2 aromatic rings. The molecule has 0 unspecified atom stereocenters.